The van der Waals surface area contributed by atoms with Crippen molar-refractivity contribution in [3.63, 3.8) is 0 Å². The van der Waals surface area contributed by atoms with Crippen LogP contribution in [0.15, 0.2) is 42.5 Å². The molecule has 3 nitrogen and oxygen atoms in total. The van der Waals surface area contributed by atoms with Gasteiger partial charge in [-0.3, -0.25) is 0 Å². The van der Waals surface area contributed by atoms with Crippen molar-refractivity contribution in [1.29, 1.82) is 0 Å². The van der Waals surface area contributed by atoms with Crippen molar-refractivity contribution in [2.75, 3.05) is 6.61 Å². The Balaban J connectivity index is 2.13. The lowest BCUT2D eigenvalue weighted by Crippen LogP contribution is -1.90. The topological polar surface area (TPSA) is 49.7 Å². The molecule has 0 saturated carbocycles. The van der Waals surface area contributed by atoms with Gasteiger partial charge in [-0.05, 0) is 42.3 Å². The number of aromatic hydroxyl groups is 2. The summed E-state index contributed by atoms with van der Waals surface area (Å²) in [7, 11) is 0. The minimum absolute atomic E-state index is 0.0475. The van der Waals surface area contributed by atoms with Gasteiger partial charge in [-0.25, -0.2) is 0 Å². The standard InChI is InChI=1S/C16H16O3/c1-2-19-16-7-5-12(6-8-16)3-4-13-9-14(17)11-15(18)10-13/h3-11,17-18H,2H2,1H3/b4-3+. The van der Waals surface area contributed by atoms with Gasteiger partial charge in [0, 0.05) is 6.07 Å². The minimum Gasteiger partial charge on any atom is -0.508 e. The van der Waals surface area contributed by atoms with Crippen LogP contribution in [-0.2, 0) is 0 Å². The molecule has 2 N–H and O–H groups in total. The van der Waals surface area contributed by atoms with Crippen molar-refractivity contribution < 1.29 is 14.9 Å². The lowest BCUT2D eigenvalue weighted by Gasteiger charge is -2.02. The molecule has 0 atom stereocenters. The average Bonchev–Trinajstić information content (AvgIpc) is 2.37. The molecule has 0 aliphatic rings. The Labute approximate surface area is 112 Å². The third-order valence-electron chi connectivity index (χ3n) is 2.58. The molecule has 0 bridgehead atoms. The van der Waals surface area contributed by atoms with Gasteiger partial charge >= 0.3 is 0 Å². The van der Waals surface area contributed by atoms with Crippen molar-refractivity contribution in [2.24, 2.45) is 0 Å². The van der Waals surface area contributed by atoms with Crippen molar-refractivity contribution in [3.05, 3.63) is 53.6 Å². The highest BCUT2D eigenvalue weighted by molar-refractivity contribution is 5.71. The molecule has 0 fully saturated rings. The van der Waals surface area contributed by atoms with Crippen LogP contribution < -0.4 is 4.74 Å². The molecule has 0 spiro atoms. The first-order chi connectivity index (χ1) is 9.17. The van der Waals surface area contributed by atoms with Crippen molar-refractivity contribution in [1.82, 2.24) is 0 Å². The fraction of sp³-hybridized carbons (Fsp3) is 0.125. The summed E-state index contributed by atoms with van der Waals surface area (Å²) in [6.45, 7) is 2.60. The number of benzene rings is 2. The van der Waals surface area contributed by atoms with E-state index in [0.29, 0.717) is 6.61 Å². The highest BCUT2D eigenvalue weighted by Crippen LogP contribution is 2.22. The fourth-order valence-electron chi connectivity index (χ4n) is 1.75. The summed E-state index contributed by atoms with van der Waals surface area (Å²) in [5.41, 5.74) is 1.76. The van der Waals surface area contributed by atoms with Crippen LogP contribution in [0, 0.1) is 0 Å². The first-order valence-electron chi connectivity index (χ1n) is 6.11. The van der Waals surface area contributed by atoms with E-state index < -0.39 is 0 Å². The number of ether oxygens (including phenoxy) is 1. The van der Waals surface area contributed by atoms with Gasteiger partial charge in [0.05, 0.1) is 6.61 Å². The first-order valence-corrected chi connectivity index (χ1v) is 6.11. The van der Waals surface area contributed by atoms with Crippen molar-refractivity contribution >= 4 is 12.2 Å². The van der Waals surface area contributed by atoms with Crippen LogP contribution in [0.4, 0.5) is 0 Å². The van der Waals surface area contributed by atoms with Crippen LogP contribution in [0.2, 0.25) is 0 Å². The summed E-state index contributed by atoms with van der Waals surface area (Å²) in [6, 6.07) is 12.2. The Kier molecular flexibility index (Phi) is 4.08. The highest BCUT2D eigenvalue weighted by Gasteiger charge is 1.96. The summed E-state index contributed by atoms with van der Waals surface area (Å²) in [5.74, 6) is 0.937. The molecule has 0 heterocycles. The van der Waals surface area contributed by atoms with Gasteiger partial charge in [-0.2, -0.15) is 0 Å². The zero-order chi connectivity index (χ0) is 13.7. The molecule has 2 aromatic carbocycles. The Morgan fingerprint density at radius 2 is 1.47 bits per heavy atom. The van der Waals surface area contributed by atoms with E-state index >= 15 is 0 Å². The van der Waals surface area contributed by atoms with E-state index in [9.17, 15) is 10.2 Å². The SMILES string of the molecule is CCOc1ccc(/C=C/c2cc(O)cc(O)c2)cc1. The molecule has 0 aliphatic carbocycles. The van der Waals surface area contributed by atoms with Gasteiger partial charge < -0.3 is 14.9 Å². The number of hydrogen-bond donors (Lipinski definition) is 2. The van der Waals surface area contributed by atoms with Crippen LogP contribution in [0.3, 0.4) is 0 Å². The van der Waals surface area contributed by atoms with E-state index in [4.69, 9.17) is 4.74 Å². The highest BCUT2D eigenvalue weighted by atomic mass is 16.5. The number of phenols is 2. The predicted octanol–water partition coefficient (Wildman–Crippen LogP) is 3.67. The van der Waals surface area contributed by atoms with Gasteiger partial charge in [0.1, 0.15) is 17.2 Å². The monoisotopic (exact) mass is 256 g/mol. The van der Waals surface area contributed by atoms with E-state index in [0.717, 1.165) is 16.9 Å². The quantitative estimate of drug-likeness (QED) is 0.821. The predicted molar refractivity (Wildman–Crippen MR) is 76.3 cm³/mol. The zero-order valence-electron chi connectivity index (χ0n) is 10.7. The molecule has 0 amide bonds. The normalized spacial score (nSPS) is 10.8. The van der Waals surface area contributed by atoms with Crippen LogP contribution in [-0.4, -0.2) is 16.8 Å². The van der Waals surface area contributed by atoms with E-state index in [1.54, 1.807) is 12.1 Å². The Morgan fingerprint density at radius 3 is 2.05 bits per heavy atom. The van der Waals surface area contributed by atoms with Crippen LogP contribution in [0.25, 0.3) is 12.2 Å². The average molecular weight is 256 g/mol. The molecule has 2 rings (SSSR count). The molecule has 0 aliphatic heterocycles. The number of phenolic OH excluding ortho intramolecular Hbond substituents is 2. The zero-order valence-corrected chi connectivity index (χ0v) is 10.7. The van der Waals surface area contributed by atoms with Crippen LogP contribution >= 0.6 is 0 Å². The van der Waals surface area contributed by atoms with Crippen LogP contribution in [0.1, 0.15) is 18.1 Å². The molecule has 3 heteroatoms. The van der Waals surface area contributed by atoms with Gasteiger partial charge in [0.15, 0.2) is 0 Å². The Bertz CT molecular complexity index is 551. The van der Waals surface area contributed by atoms with Crippen LogP contribution in [0.5, 0.6) is 17.2 Å². The lowest BCUT2D eigenvalue weighted by atomic mass is 10.1. The first kappa shape index (κ1) is 13.0. The molecular formula is C16H16O3. The lowest BCUT2D eigenvalue weighted by molar-refractivity contribution is 0.340. The van der Waals surface area contributed by atoms with Gasteiger partial charge in [-0.1, -0.05) is 24.3 Å². The van der Waals surface area contributed by atoms with Gasteiger partial charge in [0.2, 0.25) is 0 Å². The second kappa shape index (κ2) is 5.96. The Hall–Kier alpha value is -2.42. The Morgan fingerprint density at radius 1 is 0.895 bits per heavy atom. The number of hydrogen-bond acceptors (Lipinski definition) is 3. The molecule has 0 unspecified atom stereocenters. The smallest absolute Gasteiger partial charge is 0.119 e. The molecule has 0 aromatic heterocycles. The summed E-state index contributed by atoms with van der Waals surface area (Å²) < 4.78 is 5.36. The molecule has 0 saturated heterocycles. The fourth-order valence-corrected chi connectivity index (χ4v) is 1.75. The maximum atomic E-state index is 9.38. The van der Waals surface area contributed by atoms with Crippen molar-refractivity contribution in [2.45, 2.75) is 6.92 Å². The number of rotatable bonds is 4. The van der Waals surface area contributed by atoms with Gasteiger partial charge in [0.25, 0.3) is 0 Å². The molecular weight excluding hydrogens is 240 g/mol. The maximum absolute atomic E-state index is 9.38. The molecule has 0 radical (unpaired) electrons. The molecule has 19 heavy (non-hydrogen) atoms. The van der Waals surface area contributed by atoms with Crippen molar-refractivity contribution in [3.8, 4) is 17.2 Å². The summed E-state index contributed by atoms with van der Waals surface area (Å²) in [4.78, 5) is 0. The summed E-state index contributed by atoms with van der Waals surface area (Å²) in [5, 5.41) is 18.8. The van der Waals surface area contributed by atoms with E-state index in [1.807, 2.05) is 43.3 Å². The molecule has 98 valence electrons. The third kappa shape index (κ3) is 3.78. The largest absolute Gasteiger partial charge is 0.508 e. The molecule has 2 aromatic rings. The van der Waals surface area contributed by atoms with Gasteiger partial charge in [-0.15, -0.1) is 0 Å². The van der Waals surface area contributed by atoms with E-state index in [2.05, 4.69) is 0 Å². The second-order valence-corrected chi connectivity index (χ2v) is 4.12. The maximum Gasteiger partial charge on any atom is 0.119 e. The summed E-state index contributed by atoms with van der Waals surface area (Å²) in [6.07, 6.45) is 3.74. The minimum atomic E-state index is 0.0475. The van der Waals surface area contributed by atoms with E-state index in [-0.39, 0.29) is 11.5 Å². The van der Waals surface area contributed by atoms with E-state index in [1.165, 1.54) is 6.07 Å². The second-order valence-electron chi connectivity index (χ2n) is 4.12. The summed E-state index contributed by atoms with van der Waals surface area (Å²) >= 11 is 0. The third-order valence-corrected chi connectivity index (χ3v) is 2.58.